The van der Waals surface area contributed by atoms with E-state index in [4.69, 9.17) is 0 Å². The minimum absolute atomic E-state index is 0.0222. The molecule has 7 nitrogen and oxygen atoms in total. The van der Waals surface area contributed by atoms with Crippen LogP contribution in [0.2, 0.25) is 0 Å². The van der Waals surface area contributed by atoms with E-state index in [0.29, 0.717) is 12.0 Å². The standard InChI is InChI=1S/C15H19F2N3O4S/c1-19(2)25(23,24)18-14(21)8-11-4-6-15(22)20(11)9-10-3-5-12(16)13(17)7-10/h3,5,7,11H,4,6,8-9H2,1-2H3,(H,18,21). The number of hydrogen-bond donors (Lipinski definition) is 1. The normalized spacial score (nSPS) is 18.0. The molecule has 25 heavy (non-hydrogen) atoms. The van der Waals surface area contributed by atoms with Gasteiger partial charge in [0.15, 0.2) is 11.6 Å². The van der Waals surface area contributed by atoms with Crippen LogP contribution in [0.15, 0.2) is 18.2 Å². The Morgan fingerprint density at radius 2 is 2.00 bits per heavy atom. The van der Waals surface area contributed by atoms with Gasteiger partial charge in [-0.15, -0.1) is 0 Å². The zero-order valence-corrected chi connectivity index (χ0v) is 14.6. The number of likely N-dealkylation sites (tertiary alicyclic amines) is 1. The molecule has 0 radical (unpaired) electrons. The average molecular weight is 375 g/mol. The van der Waals surface area contributed by atoms with Crippen molar-refractivity contribution in [1.29, 1.82) is 0 Å². The Labute approximate surface area is 144 Å². The van der Waals surface area contributed by atoms with E-state index in [1.807, 2.05) is 4.72 Å². The Bertz CT molecular complexity index is 783. The predicted octanol–water partition coefficient (Wildman–Crippen LogP) is 0.768. The first-order chi connectivity index (χ1) is 11.6. The molecule has 1 fully saturated rings. The summed E-state index contributed by atoms with van der Waals surface area (Å²) in [6.07, 6.45) is 0.405. The van der Waals surface area contributed by atoms with Crippen molar-refractivity contribution in [2.45, 2.75) is 31.8 Å². The molecule has 1 unspecified atom stereocenters. The summed E-state index contributed by atoms with van der Waals surface area (Å²) in [5.41, 5.74) is 0.389. The summed E-state index contributed by atoms with van der Waals surface area (Å²) in [6.45, 7) is 0.0222. The number of hydrogen-bond acceptors (Lipinski definition) is 4. The van der Waals surface area contributed by atoms with Crippen LogP contribution in [0.1, 0.15) is 24.8 Å². The van der Waals surface area contributed by atoms with Gasteiger partial charge in [0.25, 0.3) is 0 Å². The third kappa shape index (κ3) is 4.73. The van der Waals surface area contributed by atoms with E-state index >= 15 is 0 Å². The van der Waals surface area contributed by atoms with Gasteiger partial charge < -0.3 is 4.90 Å². The largest absolute Gasteiger partial charge is 0.335 e. The number of amides is 2. The molecule has 1 atom stereocenters. The molecule has 10 heteroatoms. The fourth-order valence-corrected chi connectivity index (χ4v) is 3.10. The molecule has 1 N–H and O–H groups in total. The second kappa shape index (κ2) is 7.44. The van der Waals surface area contributed by atoms with Gasteiger partial charge in [0.2, 0.25) is 11.8 Å². The van der Waals surface area contributed by atoms with Crippen LogP contribution in [0.3, 0.4) is 0 Å². The van der Waals surface area contributed by atoms with E-state index in [1.165, 1.54) is 25.1 Å². The Kier molecular flexibility index (Phi) is 5.73. The van der Waals surface area contributed by atoms with Gasteiger partial charge in [-0.3, -0.25) is 9.59 Å². The lowest BCUT2D eigenvalue weighted by Gasteiger charge is -2.25. The minimum Gasteiger partial charge on any atom is -0.335 e. The number of nitrogens with zero attached hydrogens (tertiary/aromatic N) is 2. The first kappa shape index (κ1) is 19.3. The molecule has 1 aliphatic rings. The fraction of sp³-hybridized carbons (Fsp3) is 0.467. The molecule has 1 aliphatic heterocycles. The molecule has 0 aromatic heterocycles. The van der Waals surface area contributed by atoms with Crippen molar-refractivity contribution in [3.05, 3.63) is 35.4 Å². The van der Waals surface area contributed by atoms with Crippen molar-refractivity contribution in [1.82, 2.24) is 13.9 Å². The molecule has 0 bridgehead atoms. The second-order valence-corrected chi connectivity index (χ2v) is 7.86. The van der Waals surface area contributed by atoms with E-state index < -0.39 is 33.8 Å². The summed E-state index contributed by atoms with van der Waals surface area (Å²) in [4.78, 5) is 25.4. The summed E-state index contributed by atoms with van der Waals surface area (Å²) in [7, 11) is -1.34. The van der Waals surface area contributed by atoms with Crippen LogP contribution in [0, 0.1) is 11.6 Å². The number of rotatable bonds is 6. The van der Waals surface area contributed by atoms with Crippen LogP contribution in [0.4, 0.5) is 8.78 Å². The molecule has 1 saturated heterocycles. The van der Waals surface area contributed by atoms with Crippen LogP contribution in [-0.4, -0.2) is 49.6 Å². The fourth-order valence-electron chi connectivity index (χ4n) is 2.55. The van der Waals surface area contributed by atoms with Gasteiger partial charge in [0, 0.05) is 39.5 Å². The SMILES string of the molecule is CN(C)S(=O)(=O)NC(=O)CC1CCC(=O)N1Cc1ccc(F)c(F)c1. The number of carbonyl (C=O) groups excluding carboxylic acids is 2. The molecule has 1 aromatic carbocycles. The molecule has 2 amide bonds. The topological polar surface area (TPSA) is 86.8 Å². The molecule has 0 aliphatic carbocycles. The summed E-state index contributed by atoms with van der Waals surface area (Å²) < 4.78 is 52.4. The van der Waals surface area contributed by atoms with Gasteiger partial charge in [-0.1, -0.05) is 6.07 Å². The van der Waals surface area contributed by atoms with Crippen LogP contribution >= 0.6 is 0 Å². The van der Waals surface area contributed by atoms with Crippen molar-refractivity contribution in [3.8, 4) is 0 Å². The van der Waals surface area contributed by atoms with Crippen LogP contribution in [0.25, 0.3) is 0 Å². The van der Waals surface area contributed by atoms with Crippen molar-refractivity contribution in [3.63, 3.8) is 0 Å². The highest BCUT2D eigenvalue weighted by Crippen LogP contribution is 2.24. The highest BCUT2D eigenvalue weighted by Gasteiger charge is 2.33. The third-order valence-corrected chi connectivity index (χ3v) is 5.38. The maximum Gasteiger partial charge on any atom is 0.303 e. The van der Waals surface area contributed by atoms with Crippen LogP contribution in [-0.2, 0) is 26.3 Å². The van der Waals surface area contributed by atoms with Gasteiger partial charge in [-0.2, -0.15) is 12.7 Å². The number of nitrogens with one attached hydrogen (secondary N) is 1. The van der Waals surface area contributed by atoms with Crippen LogP contribution < -0.4 is 4.72 Å². The van der Waals surface area contributed by atoms with Gasteiger partial charge in [-0.05, 0) is 24.1 Å². The summed E-state index contributed by atoms with van der Waals surface area (Å²) in [5, 5.41) is 0. The van der Waals surface area contributed by atoms with Crippen molar-refractivity contribution >= 4 is 22.0 Å². The predicted molar refractivity (Wildman–Crippen MR) is 85.3 cm³/mol. The smallest absolute Gasteiger partial charge is 0.303 e. The molecule has 1 heterocycles. The summed E-state index contributed by atoms with van der Waals surface area (Å²) in [5.74, 6) is -2.96. The molecular weight excluding hydrogens is 356 g/mol. The summed E-state index contributed by atoms with van der Waals surface area (Å²) >= 11 is 0. The zero-order valence-electron chi connectivity index (χ0n) is 13.8. The maximum atomic E-state index is 13.3. The first-order valence-electron chi connectivity index (χ1n) is 7.56. The van der Waals surface area contributed by atoms with Gasteiger partial charge in [0.1, 0.15) is 0 Å². The Morgan fingerprint density at radius 1 is 1.32 bits per heavy atom. The van der Waals surface area contributed by atoms with Gasteiger partial charge in [-0.25, -0.2) is 13.5 Å². The van der Waals surface area contributed by atoms with Crippen molar-refractivity contribution in [2.75, 3.05) is 14.1 Å². The summed E-state index contributed by atoms with van der Waals surface area (Å²) in [6, 6.07) is 2.82. The van der Waals surface area contributed by atoms with Gasteiger partial charge >= 0.3 is 10.2 Å². The van der Waals surface area contributed by atoms with E-state index in [0.717, 1.165) is 16.4 Å². The zero-order chi connectivity index (χ0) is 18.8. The van der Waals surface area contributed by atoms with Gasteiger partial charge in [0.05, 0.1) is 0 Å². The Balaban J connectivity index is 2.06. The van der Waals surface area contributed by atoms with Crippen molar-refractivity contribution < 1.29 is 26.8 Å². The number of carbonyl (C=O) groups is 2. The van der Waals surface area contributed by atoms with Crippen LogP contribution in [0.5, 0.6) is 0 Å². The van der Waals surface area contributed by atoms with E-state index in [1.54, 1.807) is 0 Å². The first-order valence-corrected chi connectivity index (χ1v) is 9.00. The second-order valence-electron chi connectivity index (χ2n) is 5.98. The average Bonchev–Trinajstić information content (AvgIpc) is 2.83. The molecule has 2 rings (SSSR count). The lowest BCUT2D eigenvalue weighted by molar-refractivity contribution is -0.130. The molecule has 0 saturated carbocycles. The molecule has 138 valence electrons. The molecular formula is C15H19F2N3O4S. The maximum absolute atomic E-state index is 13.3. The van der Waals surface area contributed by atoms with Crippen molar-refractivity contribution in [2.24, 2.45) is 0 Å². The Hall–Kier alpha value is -2.07. The Morgan fingerprint density at radius 3 is 2.60 bits per heavy atom. The quantitative estimate of drug-likeness (QED) is 0.796. The van der Waals surface area contributed by atoms with E-state index in [-0.39, 0.29) is 25.3 Å². The lowest BCUT2D eigenvalue weighted by atomic mass is 10.1. The lowest BCUT2D eigenvalue weighted by Crippen LogP contribution is -2.42. The highest BCUT2D eigenvalue weighted by molar-refractivity contribution is 7.87. The number of halogens is 2. The number of benzene rings is 1. The third-order valence-electron chi connectivity index (χ3n) is 3.93. The molecule has 1 aromatic rings. The minimum atomic E-state index is -3.90. The monoisotopic (exact) mass is 375 g/mol. The van der Waals surface area contributed by atoms with E-state index in [9.17, 15) is 26.8 Å². The molecule has 0 spiro atoms. The highest BCUT2D eigenvalue weighted by atomic mass is 32.2. The van der Waals surface area contributed by atoms with E-state index in [2.05, 4.69) is 0 Å².